The Labute approximate surface area is 214 Å². The highest BCUT2D eigenvalue weighted by atomic mass is 35.5. The Morgan fingerprint density at radius 3 is 2.34 bits per heavy atom. The van der Waals surface area contributed by atoms with E-state index in [1.54, 1.807) is 31.2 Å². The standard InChI is InChI=1S/C24H27Cl2N7O2/c1-14(2)27-8-9-33(23-21(25)19(34-4)11-20(35-5)22(23)26)16-6-7-17-18(10-16)29-24(31-30-17)15-12-28-32(3)13-15/h6-7,10-14,27H,8-9H2,1-5H3. The smallest absolute Gasteiger partial charge is 0.185 e. The molecule has 0 aliphatic rings. The summed E-state index contributed by atoms with van der Waals surface area (Å²) in [5.41, 5.74) is 3.56. The second-order valence-electron chi connectivity index (χ2n) is 8.23. The maximum absolute atomic E-state index is 6.78. The SMILES string of the molecule is COc1cc(OC)c(Cl)c(N(CCNC(C)C)c2ccc3nnc(-c4cnn(C)c4)nc3c2)c1Cl. The number of rotatable bonds is 9. The molecule has 0 bridgehead atoms. The summed E-state index contributed by atoms with van der Waals surface area (Å²) in [6.07, 6.45) is 3.55. The van der Waals surface area contributed by atoms with E-state index in [0.717, 1.165) is 11.3 Å². The van der Waals surface area contributed by atoms with Gasteiger partial charge in [-0.25, -0.2) is 4.98 Å². The number of fused-ring (bicyclic) bond motifs is 1. The number of aromatic nitrogens is 5. The quantitative estimate of drug-likeness (QED) is 0.337. The molecule has 4 rings (SSSR count). The second-order valence-corrected chi connectivity index (χ2v) is 8.99. The number of benzene rings is 2. The summed E-state index contributed by atoms with van der Waals surface area (Å²) in [5.74, 6) is 1.43. The van der Waals surface area contributed by atoms with E-state index in [9.17, 15) is 0 Å². The van der Waals surface area contributed by atoms with Gasteiger partial charge in [-0.05, 0) is 18.2 Å². The molecule has 0 saturated heterocycles. The summed E-state index contributed by atoms with van der Waals surface area (Å²) in [5, 5.41) is 17.0. The van der Waals surface area contributed by atoms with E-state index < -0.39 is 0 Å². The summed E-state index contributed by atoms with van der Waals surface area (Å²) in [7, 11) is 4.96. The van der Waals surface area contributed by atoms with Crippen molar-refractivity contribution in [3.05, 3.63) is 46.7 Å². The molecule has 0 aliphatic carbocycles. The summed E-state index contributed by atoms with van der Waals surface area (Å²) < 4.78 is 12.7. The van der Waals surface area contributed by atoms with Gasteiger partial charge in [-0.15, -0.1) is 10.2 Å². The molecule has 0 atom stereocenters. The van der Waals surface area contributed by atoms with Crippen molar-refractivity contribution in [3.63, 3.8) is 0 Å². The van der Waals surface area contributed by atoms with Crippen molar-refractivity contribution in [1.82, 2.24) is 30.3 Å². The van der Waals surface area contributed by atoms with Crippen LogP contribution in [0, 0.1) is 0 Å². The van der Waals surface area contributed by atoms with Gasteiger partial charge in [0.05, 0.1) is 37.2 Å². The number of hydrogen-bond acceptors (Lipinski definition) is 8. The number of methoxy groups -OCH3 is 2. The summed E-state index contributed by atoms with van der Waals surface area (Å²) in [6, 6.07) is 7.75. The number of nitrogens with one attached hydrogen (secondary N) is 1. The van der Waals surface area contributed by atoms with Crippen LogP contribution in [-0.2, 0) is 7.05 Å². The van der Waals surface area contributed by atoms with Crippen molar-refractivity contribution in [2.24, 2.45) is 7.05 Å². The lowest BCUT2D eigenvalue weighted by Crippen LogP contribution is -2.33. The number of nitrogens with zero attached hydrogens (tertiary/aromatic N) is 6. The van der Waals surface area contributed by atoms with E-state index in [2.05, 4.69) is 34.5 Å². The van der Waals surface area contributed by atoms with E-state index in [1.165, 1.54) is 0 Å². The van der Waals surface area contributed by atoms with Crippen molar-refractivity contribution < 1.29 is 9.47 Å². The summed E-state index contributed by atoms with van der Waals surface area (Å²) in [6.45, 7) is 5.45. The van der Waals surface area contributed by atoms with Crippen LogP contribution in [0.1, 0.15) is 13.8 Å². The Morgan fingerprint density at radius 2 is 1.74 bits per heavy atom. The number of aryl methyl sites for hydroxylation is 1. The number of halogens is 2. The lowest BCUT2D eigenvalue weighted by Gasteiger charge is -2.29. The highest BCUT2D eigenvalue weighted by molar-refractivity contribution is 6.41. The normalized spacial score (nSPS) is 11.3. The highest BCUT2D eigenvalue weighted by Crippen LogP contribution is 2.48. The molecule has 0 spiro atoms. The van der Waals surface area contributed by atoms with Crippen LogP contribution in [0.15, 0.2) is 36.7 Å². The maximum atomic E-state index is 6.78. The number of ether oxygens (including phenoxy) is 2. The topological polar surface area (TPSA) is 90.2 Å². The molecule has 0 radical (unpaired) electrons. The first-order valence-corrected chi connectivity index (χ1v) is 11.8. The molecule has 11 heteroatoms. The second kappa shape index (κ2) is 10.6. The first-order chi connectivity index (χ1) is 16.8. The van der Waals surface area contributed by atoms with Gasteiger partial charge in [0.25, 0.3) is 0 Å². The molecule has 9 nitrogen and oxygen atoms in total. The molecule has 2 heterocycles. The Kier molecular flexibility index (Phi) is 7.59. The van der Waals surface area contributed by atoms with Crippen LogP contribution in [0.25, 0.3) is 22.4 Å². The molecular formula is C24H27Cl2N7O2. The average molecular weight is 516 g/mol. The minimum atomic E-state index is 0.318. The molecule has 0 fully saturated rings. The zero-order valence-electron chi connectivity index (χ0n) is 20.2. The lowest BCUT2D eigenvalue weighted by atomic mass is 10.2. The van der Waals surface area contributed by atoms with Crippen LogP contribution in [0.4, 0.5) is 11.4 Å². The van der Waals surface area contributed by atoms with E-state index in [-0.39, 0.29) is 0 Å². The van der Waals surface area contributed by atoms with Gasteiger partial charge in [0.1, 0.15) is 27.1 Å². The molecule has 0 amide bonds. The van der Waals surface area contributed by atoms with Gasteiger partial charge in [-0.1, -0.05) is 37.0 Å². The van der Waals surface area contributed by atoms with Crippen LogP contribution < -0.4 is 19.7 Å². The van der Waals surface area contributed by atoms with E-state index in [0.29, 0.717) is 63.2 Å². The van der Waals surface area contributed by atoms with Gasteiger partial charge in [-0.2, -0.15) is 5.10 Å². The Hall–Kier alpha value is -3.14. The zero-order valence-corrected chi connectivity index (χ0v) is 21.7. The minimum Gasteiger partial charge on any atom is -0.495 e. The molecule has 0 aliphatic heterocycles. The molecule has 0 saturated carbocycles. The van der Waals surface area contributed by atoms with Gasteiger partial charge in [0.2, 0.25) is 0 Å². The number of anilines is 2. The third-order valence-corrected chi connectivity index (χ3v) is 6.15. The monoisotopic (exact) mass is 515 g/mol. The van der Waals surface area contributed by atoms with E-state index >= 15 is 0 Å². The zero-order chi connectivity index (χ0) is 25.1. The Balaban J connectivity index is 1.84. The predicted molar refractivity (Wildman–Crippen MR) is 139 cm³/mol. The van der Waals surface area contributed by atoms with Crippen LogP contribution >= 0.6 is 23.2 Å². The van der Waals surface area contributed by atoms with Crippen LogP contribution in [-0.4, -0.2) is 58.3 Å². The minimum absolute atomic E-state index is 0.318. The van der Waals surface area contributed by atoms with Crippen molar-refractivity contribution in [2.45, 2.75) is 19.9 Å². The molecule has 2 aromatic heterocycles. The maximum Gasteiger partial charge on any atom is 0.185 e. The third-order valence-electron chi connectivity index (χ3n) is 5.42. The Morgan fingerprint density at radius 1 is 1.03 bits per heavy atom. The molecule has 1 N–H and O–H groups in total. The van der Waals surface area contributed by atoms with Crippen molar-refractivity contribution in [3.8, 4) is 22.9 Å². The van der Waals surface area contributed by atoms with E-state index in [1.807, 2.05) is 36.3 Å². The molecule has 0 unspecified atom stereocenters. The molecule has 2 aromatic carbocycles. The fourth-order valence-electron chi connectivity index (χ4n) is 3.70. The van der Waals surface area contributed by atoms with Crippen molar-refractivity contribution >= 4 is 45.6 Å². The van der Waals surface area contributed by atoms with Gasteiger partial charge in [0, 0.05) is 44.1 Å². The highest BCUT2D eigenvalue weighted by Gasteiger charge is 2.24. The fraction of sp³-hybridized carbons (Fsp3) is 0.333. The van der Waals surface area contributed by atoms with Crippen molar-refractivity contribution in [2.75, 3.05) is 32.2 Å². The largest absolute Gasteiger partial charge is 0.495 e. The predicted octanol–water partition coefficient (Wildman–Crippen LogP) is 4.89. The fourth-order valence-corrected chi connectivity index (χ4v) is 4.40. The molecule has 184 valence electrons. The third kappa shape index (κ3) is 5.27. The number of hydrogen-bond donors (Lipinski definition) is 1. The molecule has 35 heavy (non-hydrogen) atoms. The van der Waals surface area contributed by atoms with Gasteiger partial charge in [-0.3, -0.25) is 4.68 Å². The lowest BCUT2D eigenvalue weighted by molar-refractivity contribution is 0.395. The molecular weight excluding hydrogens is 489 g/mol. The first-order valence-electron chi connectivity index (χ1n) is 11.1. The summed E-state index contributed by atoms with van der Waals surface area (Å²) in [4.78, 5) is 6.76. The van der Waals surface area contributed by atoms with Crippen LogP contribution in [0.5, 0.6) is 11.5 Å². The summed E-state index contributed by atoms with van der Waals surface area (Å²) >= 11 is 13.6. The van der Waals surface area contributed by atoms with Crippen molar-refractivity contribution in [1.29, 1.82) is 0 Å². The molecule has 4 aromatic rings. The van der Waals surface area contributed by atoms with Crippen LogP contribution in [0.3, 0.4) is 0 Å². The first kappa shape index (κ1) is 25.0. The van der Waals surface area contributed by atoms with E-state index in [4.69, 9.17) is 37.7 Å². The van der Waals surface area contributed by atoms with Gasteiger partial charge < -0.3 is 19.7 Å². The van der Waals surface area contributed by atoms with Gasteiger partial charge >= 0.3 is 0 Å². The van der Waals surface area contributed by atoms with Gasteiger partial charge in [0.15, 0.2) is 5.82 Å². The average Bonchev–Trinajstić information content (AvgIpc) is 3.28. The Bertz CT molecular complexity index is 1310. The van der Waals surface area contributed by atoms with Crippen LogP contribution in [0.2, 0.25) is 10.0 Å².